The van der Waals surface area contributed by atoms with Gasteiger partial charge in [-0.05, 0) is 39.3 Å². The molecule has 0 amide bonds. The minimum Gasteiger partial charge on any atom is -0.481 e. The molecule has 0 saturated carbocycles. The highest BCUT2D eigenvalue weighted by Gasteiger charge is 2.52. The molecule has 0 aliphatic carbocycles. The van der Waals surface area contributed by atoms with Crippen LogP contribution < -0.4 is 5.46 Å². The Morgan fingerprint density at radius 3 is 2.25 bits per heavy atom. The van der Waals surface area contributed by atoms with Crippen LogP contribution in [-0.4, -0.2) is 29.4 Å². The second-order valence-electron chi connectivity index (χ2n) is 6.01. The molecule has 0 bridgehead atoms. The summed E-state index contributed by atoms with van der Waals surface area (Å²) in [4.78, 5) is 10.7. The first-order chi connectivity index (χ1) is 9.12. The van der Waals surface area contributed by atoms with E-state index in [4.69, 9.17) is 26.0 Å². The third kappa shape index (κ3) is 2.85. The molecule has 1 aliphatic heterocycles. The Morgan fingerprint density at radius 2 is 1.80 bits per heavy atom. The first-order valence-electron chi connectivity index (χ1n) is 6.48. The maximum atomic E-state index is 10.7. The molecule has 0 radical (unpaired) electrons. The molecule has 1 aliphatic rings. The van der Waals surface area contributed by atoms with Gasteiger partial charge in [-0.1, -0.05) is 23.7 Å². The van der Waals surface area contributed by atoms with Gasteiger partial charge in [-0.25, -0.2) is 0 Å². The second kappa shape index (κ2) is 5.06. The fraction of sp³-hybridized carbons (Fsp3) is 0.500. The lowest BCUT2D eigenvalue weighted by Crippen LogP contribution is -2.41. The molecule has 0 unspecified atom stereocenters. The molecule has 20 heavy (non-hydrogen) atoms. The quantitative estimate of drug-likeness (QED) is 0.869. The van der Waals surface area contributed by atoms with Crippen molar-refractivity contribution in [1.82, 2.24) is 0 Å². The van der Waals surface area contributed by atoms with Gasteiger partial charge in [-0.15, -0.1) is 0 Å². The van der Waals surface area contributed by atoms with Crippen LogP contribution in [0.3, 0.4) is 0 Å². The maximum Gasteiger partial charge on any atom is 0.496 e. The normalized spacial score (nSPS) is 20.1. The molecule has 1 aromatic rings. The average Bonchev–Trinajstić information content (AvgIpc) is 2.46. The summed E-state index contributed by atoms with van der Waals surface area (Å²) < 4.78 is 11.9. The number of aliphatic carboxylic acids is 1. The monoisotopic (exact) mass is 296 g/mol. The Morgan fingerprint density at radius 1 is 1.25 bits per heavy atom. The van der Waals surface area contributed by atoms with Gasteiger partial charge in [0.2, 0.25) is 0 Å². The number of hydrogen-bond acceptors (Lipinski definition) is 3. The molecule has 0 aromatic heterocycles. The Hall–Kier alpha value is -1.04. The van der Waals surface area contributed by atoms with Crippen molar-refractivity contribution < 1.29 is 19.2 Å². The number of rotatable bonds is 3. The van der Waals surface area contributed by atoms with Crippen LogP contribution in [0, 0.1) is 0 Å². The van der Waals surface area contributed by atoms with Gasteiger partial charge in [-0.3, -0.25) is 4.79 Å². The van der Waals surface area contributed by atoms with Crippen LogP contribution in [0.2, 0.25) is 5.02 Å². The van der Waals surface area contributed by atoms with Crippen molar-refractivity contribution in [2.24, 2.45) is 0 Å². The fourth-order valence-electron chi connectivity index (χ4n) is 2.02. The number of carboxylic acid groups (broad SMARTS) is 1. The van der Waals surface area contributed by atoms with E-state index in [0.29, 0.717) is 10.6 Å². The Labute approximate surface area is 124 Å². The number of hydrogen-bond donors (Lipinski definition) is 1. The predicted octanol–water partition coefficient (Wildman–Crippen LogP) is 2.27. The predicted molar refractivity (Wildman–Crippen MR) is 78.5 cm³/mol. The SMILES string of the molecule is CC1(C)OB(c2ccc(CC(=O)O)cc2Cl)OC1(C)C. The van der Waals surface area contributed by atoms with E-state index in [1.54, 1.807) is 18.2 Å². The third-order valence-corrected chi connectivity index (χ3v) is 4.25. The molecule has 1 N–H and O–H groups in total. The first kappa shape index (κ1) is 15.4. The van der Waals surface area contributed by atoms with E-state index in [1.165, 1.54) is 0 Å². The molecule has 1 aromatic carbocycles. The molecule has 0 spiro atoms. The molecule has 4 nitrogen and oxygen atoms in total. The molecule has 108 valence electrons. The summed E-state index contributed by atoms with van der Waals surface area (Å²) in [5.74, 6) is -0.885. The van der Waals surface area contributed by atoms with E-state index in [-0.39, 0.29) is 6.42 Å². The molecule has 2 rings (SSSR count). The van der Waals surface area contributed by atoms with Crippen LogP contribution in [0.5, 0.6) is 0 Å². The first-order valence-corrected chi connectivity index (χ1v) is 6.86. The van der Waals surface area contributed by atoms with Crippen LogP contribution in [0.15, 0.2) is 18.2 Å². The average molecular weight is 297 g/mol. The summed E-state index contributed by atoms with van der Waals surface area (Å²) in [6.45, 7) is 7.89. The molecule has 1 saturated heterocycles. The van der Waals surface area contributed by atoms with Crippen LogP contribution in [0.25, 0.3) is 0 Å². The maximum absolute atomic E-state index is 10.7. The standard InChI is InChI=1S/C14H18BClO4/c1-13(2)14(3,4)20-15(19-13)10-6-5-9(7-11(10)16)8-12(17)18/h5-7H,8H2,1-4H3,(H,17,18). The molecular formula is C14H18BClO4. The van der Waals surface area contributed by atoms with Gasteiger partial charge in [-0.2, -0.15) is 0 Å². The topological polar surface area (TPSA) is 55.8 Å². The van der Waals surface area contributed by atoms with Gasteiger partial charge in [0, 0.05) is 10.5 Å². The van der Waals surface area contributed by atoms with Crippen LogP contribution in [0.1, 0.15) is 33.3 Å². The van der Waals surface area contributed by atoms with Gasteiger partial charge in [0.15, 0.2) is 0 Å². The zero-order valence-electron chi connectivity index (χ0n) is 12.1. The third-order valence-electron chi connectivity index (χ3n) is 3.93. The lowest BCUT2D eigenvalue weighted by molar-refractivity contribution is -0.136. The summed E-state index contributed by atoms with van der Waals surface area (Å²) >= 11 is 6.23. The largest absolute Gasteiger partial charge is 0.496 e. The van der Waals surface area contributed by atoms with Crippen LogP contribution in [-0.2, 0) is 20.5 Å². The zero-order chi connectivity index (χ0) is 15.1. The minimum atomic E-state index is -0.885. The van der Waals surface area contributed by atoms with Crippen molar-refractivity contribution in [2.75, 3.05) is 0 Å². The van der Waals surface area contributed by atoms with Gasteiger partial charge in [0.25, 0.3) is 0 Å². The minimum absolute atomic E-state index is 0.0522. The zero-order valence-corrected chi connectivity index (χ0v) is 12.8. The fourth-order valence-corrected chi connectivity index (χ4v) is 2.31. The second-order valence-corrected chi connectivity index (χ2v) is 6.42. The molecular weight excluding hydrogens is 278 g/mol. The summed E-state index contributed by atoms with van der Waals surface area (Å²) in [6.07, 6.45) is -0.0522. The van der Waals surface area contributed by atoms with Crippen molar-refractivity contribution in [3.63, 3.8) is 0 Å². The summed E-state index contributed by atoms with van der Waals surface area (Å²) in [5, 5.41) is 9.24. The molecule has 1 heterocycles. The van der Waals surface area contributed by atoms with Gasteiger partial charge >= 0.3 is 13.1 Å². The van der Waals surface area contributed by atoms with E-state index < -0.39 is 24.3 Å². The summed E-state index contributed by atoms with van der Waals surface area (Å²) in [7, 11) is -0.536. The van der Waals surface area contributed by atoms with Crippen LogP contribution in [0.4, 0.5) is 0 Å². The smallest absolute Gasteiger partial charge is 0.481 e. The van der Waals surface area contributed by atoms with E-state index in [2.05, 4.69) is 0 Å². The lowest BCUT2D eigenvalue weighted by Gasteiger charge is -2.32. The van der Waals surface area contributed by atoms with Crippen molar-refractivity contribution >= 4 is 30.2 Å². The van der Waals surface area contributed by atoms with Crippen molar-refractivity contribution in [3.05, 3.63) is 28.8 Å². The number of carboxylic acids is 1. The lowest BCUT2D eigenvalue weighted by atomic mass is 9.78. The van der Waals surface area contributed by atoms with E-state index in [1.807, 2.05) is 27.7 Å². The van der Waals surface area contributed by atoms with Crippen molar-refractivity contribution in [3.8, 4) is 0 Å². The van der Waals surface area contributed by atoms with Crippen molar-refractivity contribution in [1.29, 1.82) is 0 Å². The summed E-state index contributed by atoms with van der Waals surface area (Å²) in [6, 6.07) is 5.15. The van der Waals surface area contributed by atoms with Crippen molar-refractivity contribution in [2.45, 2.75) is 45.3 Å². The highest BCUT2D eigenvalue weighted by atomic mass is 35.5. The number of halogens is 1. The van der Waals surface area contributed by atoms with Gasteiger partial charge in [0.05, 0.1) is 17.6 Å². The molecule has 0 atom stereocenters. The van der Waals surface area contributed by atoms with E-state index in [0.717, 1.165) is 5.46 Å². The number of benzene rings is 1. The summed E-state index contributed by atoms with van der Waals surface area (Å²) in [5.41, 5.74) is 0.517. The molecule has 1 fully saturated rings. The number of carbonyl (C=O) groups is 1. The highest BCUT2D eigenvalue weighted by Crippen LogP contribution is 2.37. The Balaban J connectivity index is 2.25. The highest BCUT2D eigenvalue weighted by molar-refractivity contribution is 6.65. The Bertz CT molecular complexity index is 526. The van der Waals surface area contributed by atoms with Crippen LogP contribution >= 0.6 is 11.6 Å². The van der Waals surface area contributed by atoms with Gasteiger partial charge in [0.1, 0.15) is 0 Å². The van der Waals surface area contributed by atoms with E-state index in [9.17, 15) is 4.79 Å². The van der Waals surface area contributed by atoms with Gasteiger partial charge < -0.3 is 14.4 Å². The Kier molecular flexibility index (Phi) is 3.89. The molecule has 6 heteroatoms. The van der Waals surface area contributed by atoms with E-state index >= 15 is 0 Å².